The Balaban J connectivity index is 1.88. The predicted octanol–water partition coefficient (Wildman–Crippen LogP) is 3.70. The summed E-state index contributed by atoms with van der Waals surface area (Å²) in [5.74, 6) is 1.24. The van der Waals surface area contributed by atoms with E-state index < -0.39 is 0 Å². The zero-order valence-corrected chi connectivity index (χ0v) is 17.2. The molecule has 0 unspecified atom stereocenters. The Hall–Kier alpha value is -3.28. The second-order valence-electron chi connectivity index (χ2n) is 6.81. The summed E-state index contributed by atoms with van der Waals surface area (Å²) in [4.78, 5) is 30.3. The van der Waals surface area contributed by atoms with E-state index in [0.717, 1.165) is 36.5 Å². The van der Waals surface area contributed by atoms with E-state index in [4.69, 9.17) is 4.98 Å². The van der Waals surface area contributed by atoms with Gasteiger partial charge in [0.1, 0.15) is 11.5 Å². The quantitative estimate of drug-likeness (QED) is 0.588. The molecular formula is C23H27N5O. The van der Waals surface area contributed by atoms with E-state index in [1.165, 1.54) is 0 Å². The van der Waals surface area contributed by atoms with Gasteiger partial charge in [-0.1, -0.05) is 30.3 Å². The highest BCUT2D eigenvalue weighted by Crippen LogP contribution is 2.21. The monoisotopic (exact) mass is 389 g/mol. The average Bonchev–Trinajstić information content (AvgIpc) is 2.79. The van der Waals surface area contributed by atoms with Crippen LogP contribution in [0.2, 0.25) is 0 Å². The van der Waals surface area contributed by atoms with Crippen molar-refractivity contribution in [2.45, 2.75) is 20.3 Å². The fraction of sp³-hybridized carbons (Fsp3) is 0.304. The van der Waals surface area contributed by atoms with Crippen LogP contribution in [0.3, 0.4) is 0 Å². The van der Waals surface area contributed by atoms with E-state index >= 15 is 0 Å². The third kappa shape index (κ3) is 5.16. The number of amides is 1. The molecule has 0 bridgehead atoms. The molecule has 29 heavy (non-hydrogen) atoms. The predicted molar refractivity (Wildman–Crippen MR) is 116 cm³/mol. The summed E-state index contributed by atoms with van der Waals surface area (Å²) in [6, 6.07) is 15.5. The Kier molecular flexibility index (Phi) is 6.89. The van der Waals surface area contributed by atoms with Gasteiger partial charge in [0, 0.05) is 50.7 Å². The lowest BCUT2D eigenvalue weighted by atomic mass is 10.2. The SMILES string of the molecule is CCN(CC)c1cc(C(=O)N(C)CCc2ccncc2)nc(-c2ccccc2)n1. The number of nitrogens with zero attached hydrogens (tertiary/aromatic N) is 5. The maximum atomic E-state index is 13.1. The average molecular weight is 390 g/mol. The van der Waals surface area contributed by atoms with Crippen LogP contribution in [0.5, 0.6) is 0 Å². The topological polar surface area (TPSA) is 62.2 Å². The molecule has 3 aromatic rings. The summed E-state index contributed by atoms with van der Waals surface area (Å²) in [5.41, 5.74) is 2.46. The van der Waals surface area contributed by atoms with Crippen molar-refractivity contribution in [1.82, 2.24) is 19.9 Å². The van der Waals surface area contributed by atoms with Gasteiger partial charge >= 0.3 is 0 Å². The van der Waals surface area contributed by atoms with Gasteiger partial charge in [-0.2, -0.15) is 0 Å². The molecule has 1 amide bonds. The van der Waals surface area contributed by atoms with Crippen molar-refractivity contribution < 1.29 is 4.79 Å². The molecule has 0 fully saturated rings. The van der Waals surface area contributed by atoms with Crippen molar-refractivity contribution in [1.29, 1.82) is 0 Å². The Labute approximate surface area is 172 Å². The molecule has 0 atom stereocenters. The molecule has 6 heteroatoms. The molecule has 6 nitrogen and oxygen atoms in total. The van der Waals surface area contributed by atoms with E-state index in [1.54, 1.807) is 23.4 Å². The van der Waals surface area contributed by atoms with Crippen LogP contribution in [-0.4, -0.2) is 52.4 Å². The molecule has 150 valence electrons. The number of benzene rings is 1. The number of rotatable bonds is 8. The molecule has 0 radical (unpaired) electrons. The van der Waals surface area contributed by atoms with Crippen LogP contribution >= 0.6 is 0 Å². The lowest BCUT2D eigenvalue weighted by Gasteiger charge is -2.22. The highest BCUT2D eigenvalue weighted by molar-refractivity contribution is 5.93. The maximum Gasteiger partial charge on any atom is 0.272 e. The van der Waals surface area contributed by atoms with Gasteiger partial charge in [0.05, 0.1) is 0 Å². The maximum absolute atomic E-state index is 13.1. The molecule has 0 saturated heterocycles. The molecule has 3 rings (SSSR count). The molecule has 0 spiro atoms. The smallest absolute Gasteiger partial charge is 0.272 e. The van der Waals surface area contributed by atoms with Crippen molar-refractivity contribution in [2.24, 2.45) is 0 Å². The molecule has 2 heterocycles. The van der Waals surface area contributed by atoms with Crippen LogP contribution in [-0.2, 0) is 6.42 Å². The number of hydrogen-bond acceptors (Lipinski definition) is 5. The molecule has 1 aromatic carbocycles. The third-order valence-corrected chi connectivity index (χ3v) is 4.88. The summed E-state index contributed by atoms with van der Waals surface area (Å²) in [6.45, 7) is 6.39. The van der Waals surface area contributed by atoms with Gasteiger partial charge in [-0.25, -0.2) is 9.97 Å². The number of carbonyl (C=O) groups is 1. The highest BCUT2D eigenvalue weighted by atomic mass is 16.2. The zero-order valence-electron chi connectivity index (χ0n) is 17.2. The first-order chi connectivity index (χ1) is 14.1. The van der Waals surface area contributed by atoms with Gasteiger partial charge in [0.2, 0.25) is 0 Å². The van der Waals surface area contributed by atoms with Gasteiger partial charge in [0.25, 0.3) is 5.91 Å². The van der Waals surface area contributed by atoms with Crippen molar-refractivity contribution >= 4 is 11.7 Å². The minimum Gasteiger partial charge on any atom is -0.357 e. The Morgan fingerprint density at radius 3 is 2.31 bits per heavy atom. The minimum absolute atomic E-state index is 0.105. The van der Waals surface area contributed by atoms with Crippen molar-refractivity contribution in [3.8, 4) is 11.4 Å². The third-order valence-electron chi connectivity index (χ3n) is 4.88. The number of pyridine rings is 1. The summed E-state index contributed by atoms with van der Waals surface area (Å²) < 4.78 is 0. The lowest BCUT2D eigenvalue weighted by molar-refractivity contribution is 0.0791. The van der Waals surface area contributed by atoms with Crippen LogP contribution in [0, 0.1) is 0 Å². The van der Waals surface area contributed by atoms with Crippen LogP contribution in [0.15, 0.2) is 60.9 Å². The molecule has 0 N–H and O–H groups in total. The molecule has 0 aliphatic carbocycles. The number of anilines is 1. The summed E-state index contributed by atoms with van der Waals surface area (Å²) in [5, 5.41) is 0. The van der Waals surface area contributed by atoms with Crippen molar-refractivity contribution in [3.63, 3.8) is 0 Å². The van der Waals surface area contributed by atoms with Crippen molar-refractivity contribution in [3.05, 3.63) is 72.2 Å². The lowest BCUT2D eigenvalue weighted by Crippen LogP contribution is -2.30. The molecule has 0 aliphatic heterocycles. The van der Waals surface area contributed by atoms with Crippen LogP contribution in [0.1, 0.15) is 29.9 Å². The largest absolute Gasteiger partial charge is 0.357 e. The summed E-state index contributed by atoms with van der Waals surface area (Å²) >= 11 is 0. The standard InChI is InChI=1S/C23H27N5O/c1-4-28(5-2)21-17-20(25-22(26-21)19-9-7-6-8-10-19)23(29)27(3)16-13-18-11-14-24-15-12-18/h6-12,14-15,17H,4-5,13,16H2,1-3H3. The Morgan fingerprint density at radius 2 is 1.66 bits per heavy atom. The van der Waals surface area contributed by atoms with Crippen LogP contribution in [0.25, 0.3) is 11.4 Å². The van der Waals surface area contributed by atoms with E-state index in [-0.39, 0.29) is 5.91 Å². The van der Waals surface area contributed by atoms with Gasteiger partial charge in [-0.15, -0.1) is 0 Å². The van der Waals surface area contributed by atoms with Gasteiger partial charge in [-0.3, -0.25) is 9.78 Å². The first-order valence-electron chi connectivity index (χ1n) is 9.96. The number of aromatic nitrogens is 3. The van der Waals surface area contributed by atoms with Crippen LogP contribution < -0.4 is 4.90 Å². The van der Waals surface area contributed by atoms with Crippen LogP contribution in [0.4, 0.5) is 5.82 Å². The van der Waals surface area contributed by atoms with Gasteiger partial charge < -0.3 is 9.80 Å². The zero-order chi connectivity index (χ0) is 20.6. The van der Waals surface area contributed by atoms with Gasteiger partial charge in [0.15, 0.2) is 5.82 Å². The number of likely N-dealkylation sites (N-methyl/N-ethyl adjacent to an activating group) is 1. The van der Waals surface area contributed by atoms with Crippen molar-refractivity contribution in [2.75, 3.05) is 31.6 Å². The van der Waals surface area contributed by atoms with E-state index in [9.17, 15) is 4.79 Å². The summed E-state index contributed by atoms with van der Waals surface area (Å²) in [6.07, 6.45) is 4.30. The Bertz CT molecular complexity index is 927. The fourth-order valence-corrected chi connectivity index (χ4v) is 3.11. The van der Waals surface area contributed by atoms with E-state index in [1.807, 2.05) is 49.5 Å². The second-order valence-corrected chi connectivity index (χ2v) is 6.81. The fourth-order valence-electron chi connectivity index (χ4n) is 3.11. The van der Waals surface area contributed by atoms with E-state index in [2.05, 4.69) is 28.7 Å². The normalized spacial score (nSPS) is 10.6. The second kappa shape index (κ2) is 9.78. The first kappa shape index (κ1) is 20.5. The number of hydrogen-bond donors (Lipinski definition) is 0. The number of carbonyl (C=O) groups excluding carboxylic acids is 1. The molecule has 0 saturated carbocycles. The first-order valence-corrected chi connectivity index (χ1v) is 9.96. The van der Waals surface area contributed by atoms with Gasteiger partial charge in [-0.05, 0) is 38.0 Å². The van der Waals surface area contributed by atoms with E-state index in [0.29, 0.717) is 18.1 Å². The highest BCUT2D eigenvalue weighted by Gasteiger charge is 2.18. The molecular weight excluding hydrogens is 362 g/mol. The molecule has 2 aromatic heterocycles. The minimum atomic E-state index is -0.105. The summed E-state index contributed by atoms with van der Waals surface area (Å²) in [7, 11) is 1.81. The molecule has 0 aliphatic rings. The Morgan fingerprint density at radius 1 is 0.966 bits per heavy atom.